The molecule has 0 aromatic carbocycles. The number of ether oxygens (including phenoxy) is 2. The fourth-order valence-electron chi connectivity index (χ4n) is 2.91. The van der Waals surface area contributed by atoms with E-state index in [9.17, 15) is 9.00 Å². The van der Waals surface area contributed by atoms with Gasteiger partial charge in [0.15, 0.2) is 0 Å². The number of likely N-dealkylation sites (tertiary alicyclic amines) is 1. The maximum atomic E-state index is 12.2. The molecule has 2 heterocycles. The minimum atomic E-state index is -0.656. The minimum Gasteiger partial charge on any atom is -0.444 e. The molecule has 2 fully saturated rings. The monoisotopic (exact) mass is 332 g/mol. The zero-order chi connectivity index (χ0) is 16.3. The molecule has 0 spiro atoms. The van der Waals surface area contributed by atoms with E-state index in [1.807, 2.05) is 20.8 Å². The second-order valence-corrected chi connectivity index (χ2v) is 8.75. The summed E-state index contributed by atoms with van der Waals surface area (Å²) < 4.78 is 22.4. The second-order valence-electron chi connectivity index (χ2n) is 7.05. The van der Waals surface area contributed by atoms with Crippen molar-refractivity contribution >= 4 is 16.9 Å². The first-order valence-electron chi connectivity index (χ1n) is 7.90. The van der Waals surface area contributed by atoms with Crippen LogP contribution in [-0.4, -0.2) is 70.7 Å². The Hall–Kier alpha value is -0.660. The number of rotatable bonds is 3. The molecule has 22 heavy (non-hydrogen) atoms. The number of nitrogens with zero attached hydrogens (tertiary/aromatic N) is 1. The van der Waals surface area contributed by atoms with Crippen LogP contribution in [0.4, 0.5) is 4.79 Å². The first-order chi connectivity index (χ1) is 10.3. The summed E-state index contributed by atoms with van der Waals surface area (Å²) in [4.78, 5) is 13.9. The maximum absolute atomic E-state index is 12.2. The van der Waals surface area contributed by atoms with Crippen LogP contribution < -0.4 is 5.32 Å². The van der Waals surface area contributed by atoms with Gasteiger partial charge in [-0.05, 0) is 33.6 Å². The Morgan fingerprint density at radius 2 is 1.86 bits per heavy atom. The van der Waals surface area contributed by atoms with E-state index in [0.717, 1.165) is 24.3 Å². The van der Waals surface area contributed by atoms with Crippen molar-refractivity contribution in [2.45, 2.75) is 57.4 Å². The number of nitrogens with one attached hydrogen (secondary N) is 1. The van der Waals surface area contributed by atoms with Crippen LogP contribution in [0, 0.1) is 0 Å². The smallest absolute Gasteiger partial charge is 0.410 e. The molecule has 1 unspecified atom stereocenters. The molecule has 0 aromatic rings. The van der Waals surface area contributed by atoms with Crippen molar-refractivity contribution in [1.82, 2.24) is 10.2 Å². The summed E-state index contributed by atoms with van der Waals surface area (Å²) in [5.41, 5.74) is -0.487. The summed E-state index contributed by atoms with van der Waals surface area (Å²) in [6.45, 7) is 6.74. The van der Waals surface area contributed by atoms with Crippen LogP contribution in [0.5, 0.6) is 0 Å². The Labute approximate surface area is 135 Å². The number of carbonyl (C=O) groups excluding carboxylic acids is 1. The van der Waals surface area contributed by atoms with Crippen LogP contribution in [0.3, 0.4) is 0 Å². The molecule has 6 nitrogen and oxygen atoms in total. The first-order valence-corrected chi connectivity index (χ1v) is 9.39. The third-order valence-electron chi connectivity index (χ3n) is 4.06. The van der Waals surface area contributed by atoms with Gasteiger partial charge in [0.05, 0.1) is 18.7 Å². The predicted octanol–water partition coefficient (Wildman–Crippen LogP) is 1.12. The van der Waals surface area contributed by atoms with E-state index in [1.165, 1.54) is 0 Å². The molecule has 7 heteroatoms. The van der Waals surface area contributed by atoms with E-state index in [2.05, 4.69) is 5.32 Å². The number of amides is 1. The lowest BCUT2D eigenvalue weighted by atomic mass is 10.1. The van der Waals surface area contributed by atoms with E-state index in [0.29, 0.717) is 19.1 Å². The van der Waals surface area contributed by atoms with Crippen LogP contribution in [-0.2, 0) is 20.3 Å². The highest BCUT2D eigenvalue weighted by Gasteiger charge is 2.38. The lowest BCUT2D eigenvalue weighted by Gasteiger charge is -2.28. The molecule has 2 aliphatic rings. The van der Waals surface area contributed by atoms with Gasteiger partial charge in [0.1, 0.15) is 5.60 Å². The van der Waals surface area contributed by atoms with Gasteiger partial charge in [0.25, 0.3) is 0 Å². The topological polar surface area (TPSA) is 67.9 Å². The summed E-state index contributed by atoms with van der Waals surface area (Å²) in [5.74, 6) is 1.52. The third-order valence-corrected chi connectivity index (χ3v) is 5.44. The molecule has 0 saturated carbocycles. The van der Waals surface area contributed by atoms with E-state index < -0.39 is 16.4 Å². The highest BCUT2D eigenvalue weighted by molar-refractivity contribution is 7.85. The van der Waals surface area contributed by atoms with Gasteiger partial charge in [0.2, 0.25) is 0 Å². The van der Waals surface area contributed by atoms with Crippen LogP contribution >= 0.6 is 0 Å². The van der Waals surface area contributed by atoms with Gasteiger partial charge < -0.3 is 19.7 Å². The zero-order valence-electron chi connectivity index (χ0n) is 14.0. The van der Waals surface area contributed by atoms with Gasteiger partial charge >= 0.3 is 6.09 Å². The van der Waals surface area contributed by atoms with Gasteiger partial charge in [-0.3, -0.25) is 4.21 Å². The highest BCUT2D eigenvalue weighted by atomic mass is 32.2. The Morgan fingerprint density at radius 1 is 1.23 bits per heavy atom. The summed E-state index contributed by atoms with van der Waals surface area (Å²) in [6, 6.07) is 0.466. The van der Waals surface area contributed by atoms with Crippen LogP contribution in [0.15, 0.2) is 0 Å². The molecule has 128 valence electrons. The van der Waals surface area contributed by atoms with Crippen molar-refractivity contribution in [3.8, 4) is 0 Å². The summed E-state index contributed by atoms with van der Waals surface area (Å²) in [7, 11) is 1.02. The average Bonchev–Trinajstić information content (AvgIpc) is 2.83. The number of hydrogen-bond donors (Lipinski definition) is 1. The second kappa shape index (κ2) is 7.27. The normalized spacial score (nSPS) is 33.0. The molecule has 0 bridgehead atoms. The minimum absolute atomic E-state index is 0.0278. The van der Waals surface area contributed by atoms with Crippen LogP contribution in [0.1, 0.15) is 33.6 Å². The molecular formula is C15H28N2O4S. The molecule has 2 rings (SSSR count). The molecular weight excluding hydrogens is 304 g/mol. The van der Waals surface area contributed by atoms with Crippen LogP contribution in [0.25, 0.3) is 0 Å². The van der Waals surface area contributed by atoms with Crippen LogP contribution in [0.2, 0.25) is 0 Å². The Kier molecular flexibility index (Phi) is 5.85. The Balaban J connectivity index is 1.89. The standard InChI is InChI=1S/C15H28N2O4S/c1-15(2,3)21-14(18)17-9-12(13(10-17)20-4)16-11-5-7-22(19)8-6-11/h11-13,16H,5-10H2,1-4H3/t11?,12?,13-,22?/m0/s1. The SMILES string of the molecule is CO[C@H]1CN(C(=O)OC(C)(C)C)CC1NC1CCS(=O)CC1. The largest absolute Gasteiger partial charge is 0.444 e. The average molecular weight is 332 g/mol. The number of carbonyl (C=O) groups is 1. The van der Waals surface area contributed by atoms with Crippen molar-refractivity contribution in [2.75, 3.05) is 31.7 Å². The Morgan fingerprint density at radius 3 is 2.41 bits per heavy atom. The van der Waals surface area contributed by atoms with Gasteiger partial charge in [-0.25, -0.2) is 4.79 Å². The van der Waals surface area contributed by atoms with Gasteiger partial charge in [-0.1, -0.05) is 0 Å². The third kappa shape index (κ3) is 4.93. The summed E-state index contributed by atoms with van der Waals surface area (Å²) in [5, 5.41) is 3.58. The molecule has 1 amide bonds. The fraction of sp³-hybridized carbons (Fsp3) is 0.933. The van der Waals surface area contributed by atoms with Crippen molar-refractivity contribution in [3.63, 3.8) is 0 Å². The lowest BCUT2D eigenvalue weighted by Crippen LogP contribution is -2.48. The van der Waals surface area contributed by atoms with Crippen molar-refractivity contribution in [3.05, 3.63) is 0 Å². The molecule has 2 atom stereocenters. The van der Waals surface area contributed by atoms with E-state index in [-0.39, 0.29) is 18.2 Å². The number of methoxy groups -OCH3 is 1. The lowest BCUT2D eigenvalue weighted by molar-refractivity contribution is 0.0252. The zero-order valence-corrected chi connectivity index (χ0v) is 14.8. The molecule has 0 aromatic heterocycles. The number of hydrogen-bond acceptors (Lipinski definition) is 5. The molecule has 0 radical (unpaired) electrons. The quantitative estimate of drug-likeness (QED) is 0.839. The molecule has 1 N–H and O–H groups in total. The van der Waals surface area contributed by atoms with Crippen molar-refractivity contribution in [1.29, 1.82) is 0 Å². The molecule has 0 aliphatic carbocycles. The summed E-state index contributed by atoms with van der Waals surface area (Å²) >= 11 is 0. The van der Waals surface area contributed by atoms with Gasteiger partial charge in [0, 0.05) is 42.0 Å². The maximum Gasteiger partial charge on any atom is 0.410 e. The van der Waals surface area contributed by atoms with Gasteiger partial charge in [-0.15, -0.1) is 0 Å². The van der Waals surface area contributed by atoms with E-state index in [4.69, 9.17) is 9.47 Å². The van der Waals surface area contributed by atoms with Crippen molar-refractivity contribution < 1.29 is 18.5 Å². The van der Waals surface area contributed by atoms with Crippen molar-refractivity contribution in [2.24, 2.45) is 0 Å². The fourth-order valence-corrected chi connectivity index (χ4v) is 4.21. The van der Waals surface area contributed by atoms with E-state index in [1.54, 1.807) is 12.0 Å². The summed E-state index contributed by atoms with van der Waals surface area (Å²) in [6.07, 6.45) is 1.53. The van der Waals surface area contributed by atoms with E-state index >= 15 is 0 Å². The first kappa shape index (κ1) is 17.7. The highest BCUT2D eigenvalue weighted by Crippen LogP contribution is 2.19. The Bertz CT molecular complexity index is 414. The molecule has 2 aliphatic heterocycles. The predicted molar refractivity (Wildman–Crippen MR) is 86.4 cm³/mol. The molecule has 2 saturated heterocycles. The van der Waals surface area contributed by atoms with Gasteiger partial charge in [-0.2, -0.15) is 0 Å².